The minimum Gasteiger partial charge on any atom is -0.489 e. The summed E-state index contributed by atoms with van der Waals surface area (Å²) in [6, 6.07) is 11.2. The third-order valence-corrected chi connectivity index (χ3v) is 3.56. The number of nitrogens with one attached hydrogen (secondary N) is 1. The standard InChI is InChI=1S/C18H18ClN3O4/c1-12(2)26-17-8-7-13(9-15(17)19)11-20-21-18(23)10-14-5-3-4-6-16(14)22(24)25/h3-9,11-12H,10H2,1-2H3,(H,21,23). The zero-order valence-electron chi connectivity index (χ0n) is 14.3. The van der Waals surface area contributed by atoms with E-state index in [9.17, 15) is 14.9 Å². The molecule has 136 valence electrons. The lowest BCUT2D eigenvalue weighted by molar-refractivity contribution is -0.385. The number of hydrogen-bond acceptors (Lipinski definition) is 5. The van der Waals surface area contributed by atoms with Gasteiger partial charge in [-0.3, -0.25) is 14.9 Å². The highest BCUT2D eigenvalue weighted by molar-refractivity contribution is 6.32. The number of carbonyl (C=O) groups is 1. The summed E-state index contributed by atoms with van der Waals surface area (Å²) in [7, 11) is 0. The first-order valence-corrected chi connectivity index (χ1v) is 8.25. The molecule has 7 nitrogen and oxygen atoms in total. The average molecular weight is 376 g/mol. The number of hydrazone groups is 1. The van der Waals surface area contributed by atoms with Gasteiger partial charge in [0, 0.05) is 11.6 Å². The number of benzene rings is 2. The first-order chi connectivity index (χ1) is 12.4. The van der Waals surface area contributed by atoms with Crippen LogP contribution in [0.3, 0.4) is 0 Å². The van der Waals surface area contributed by atoms with Crippen LogP contribution < -0.4 is 10.2 Å². The van der Waals surface area contributed by atoms with E-state index in [2.05, 4.69) is 10.5 Å². The number of nitro benzene ring substituents is 1. The quantitative estimate of drug-likeness (QED) is 0.453. The van der Waals surface area contributed by atoms with Crippen molar-refractivity contribution in [3.63, 3.8) is 0 Å². The fourth-order valence-corrected chi connectivity index (χ4v) is 2.41. The van der Waals surface area contributed by atoms with Crippen molar-refractivity contribution in [1.29, 1.82) is 0 Å². The van der Waals surface area contributed by atoms with E-state index >= 15 is 0 Å². The molecular weight excluding hydrogens is 358 g/mol. The van der Waals surface area contributed by atoms with Crippen molar-refractivity contribution >= 4 is 29.4 Å². The molecule has 26 heavy (non-hydrogen) atoms. The van der Waals surface area contributed by atoms with Crippen LogP contribution in [0.2, 0.25) is 5.02 Å². The van der Waals surface area contributed by atoms with Gasteiger partial charge in [-0.15, -0.1) is 0 Å². The Morgan fingerprint density at radius 1 is 1.35 bits per heavy atom. The molecular formula is C18H18ClN3O4. The zero-order chi connectivity index (χ0) is 19.1. The van der Waals surface area contributed by atoms with Crippen LogP contribution >= 0.6 is 11.6 Å². The van der Waals surface area contributed by atoms with Gasteiger partial charge in [0.25, 0.3) is 5.69 Å². The second-order valence-corrected chi connectivity index (χ2v) is 6.12. The number of amides is 1. The Morgan fingerprint density at radius 2 is 2.08 bits per heavy atom. The predicted octanol–water partition coefficient (Wildman–Crippen LogP) is 3.73. The van der Waals surface area contributed by atoms with Crippen LogP contribution in [0.1, 0.15) is 25.0 Å². The second kappa shape index (κ2) is 8.96. The highest BCUT2D eigenvalue weighted by Gasteiger charge is 2.15. The number of nitrogens with zero attached hydrogens (tertiary/aromatic N) is 2. The van der Waals surface area contributed by atoms with E-state index in [0.717, 1.165) is 0 Å². The van der Waals surface area contributed by atoms with Crippen molar-refractivity contribution in [1.82, 2.24) is 5.43 Å². The molecule has 0 heterocycles. The molecule has 0 saturated carbocycles. The summed E-state index contributed by atoms with van der Waals surface area (Å²) in [5.41, 5.74) is 3.25. The minimum absolute atomic E-state index is 0.00773. The molecule has 0 radical (unpaired) electrons. The van der Waals surface area contributed by atoms with Crippen LogP contribution in [0.25, 0.3) is 0 Å². The SMILES string of the molecule is CC(C)Oc1ccc(C=NNC(=O)Cc2ccccc2[N+](=O)[O-])cc1Cl. The van der Waals surface area contributed by atoms with Crippen LogP contribution in [0.4, 0.5) is 5.69 Å². The molecule has 0 aliphatic heterocycles. The van der Waals surface area contributed by atoms with Gasteiger partial charge in [-0.1, -0.05) is 29.8 Å². The van der Waals surface area contributed by atoms with Crippen LogP contribution in [0.5, 0.6) is 5.75 Å². The molecule has 0 saturated heterocycles. The van der Waals surface area contributed by atoms with Gasteiger partial charge >= 0.3 is 0 Å². The number of carbonyl (C=O) groups excluding carboxylic acids is 1. The third-order valence-electron chi connectivity index (χ3n) is 3.26. The van der Waals surface area contributed by atoms with Gasteiger partial charge in [0.05, 0.1) is 28.7 Å². The Kier molecular flexibility index (Phi) is 6.68. The monoisotopic (exact) mass is 375 g/mol. The highest BCUT2D eigenvalue weighted by atomic mass is 35.5. The van der Waals surface area contributed by atoms with E-state index in [1.54, 1.807) is 30.3 Å². The largest absolute Gasteiger partial charge is 0.489 e. The van der Waals surface area contributed by atoms with Gasteiger partial charge in [0.15, 0.2) is 0 Å². The van der Waals surface area contributed by atoms with Crippen molar-refractivity contribution < 1.29 is 14.5 Å². The lowest BCUT2D eigenvalue weighted by Gasteiger charge is -2.11. The van der Waals surface area contributed by atoms with Gasteiger partial charge in [-0.25, -0.2) is 5.43 Å². The normalized spacial score (nSPS) is 10.9. The van der Waals surface area contributed by atoms with Crippen molar-refractivity contribution in [2.45, 2.75) is 26.4 Å². The smallest absolute Gasteiger partial charge is 0.273 e. The molecule has 0 fully saturated rings. The van der Waals surface area contributed by atoms with E-state index in [1.165, 1.54) is 18.3 Å². The summed E-state index contributed by atoms with van der Waals surface area (Å²) in [5.74, 6) is 0.112. The molecule has 2 rings (SSSR count). The average Bonchev–Trinajstić information content (AvgIpc) is 2.57. The molecule has 0 atom stereocenters. The Balaban J connectivity index is 1.97. The first-order valence-electron chi connectivity index (χ1n) is 7.87. The summed E-state index contributed by atoms with van der Waals surface area (Å²) in [4.78, 5) is 22.4. The number of para-hydroxylation sites is 1. The summed E-state index contributed by atoms with van der Waals surface area (Å²) >= 11 is 6.13. The Bertz CT molecular complexity index is 837. The Labute approximate surface area is 155 Å². The maximum absolute atomic E-state index is 11.9. The molecule has 0 unspecified atom stereocenters. The lowest BCUT2D eigenvalue weighted by atomic mass is 10.1. The zero-order valence-corrected chi connectivity index (χ0v) is 15.1. The maximum Gasteiger partial charge on any atom is 0.273 e. The third kappa shape index (κ3) is 5.56. The molecule has 2 aromatic rings. The fourth-order valence-electron chi connectivity index (χ4n) is 2.18. The number of halogens is 1. The Morgan fingerprint density at radius 3 is 2.73 bits per heavy atom. The molecule has 1 amide bonds. The summed E-state index contributed by atoms with van der Waals surface area (Å²) in [6.07, 6.45) is 1.30. The molecule has 2 aromatic carbocycles. The van der Waals surface area contributed by atoms with Crippen LogP contribution in [0, 0.1) is 10.1 Å². The fraction of sp³-hybridized carbons (Fsp3) is 0.222. The van der Waals surface area contributed by atoms with E-state index in [0.29, 0.717) is 21.9 Å². The molecule has 0 aliphatic rings. The number of ether oxygens (including phenoxy) is 1. The van der Waals surface area contributed by atoms with Gasteiger partial charge < -0.3 is 4.74 Å². The van der Waals surface area contributed by atoms with E-state index in [4.69, 9.17) is 16.3 Å². The number of hydrogen-bond donors (Lipinski definition) is 1. The van der Waals surface area contributed by atoms with Gasteiger partial charge in [-0.2, -0.15) is 5.10 Å². The molecule has 1 N–H and O–H groups in total. The minimum atomic E-state index is -0.519. The van der Waals surface area contributed by atoms with Gasteiger partial charge in [0.2, 0.25) is 5.91 Å². The Hall–Kier alpha value is -2.93. The van der Waals surface area contributed by atoms with E-state index < -0.39 is 10.8 Å². The second-order valence-electron chi connectivity index (χ2n) is 5.71. The van der Waals surface area contributed by atoms with Crippen LogP contribution in [-0.2, 0) is 11.2 Å². The molecule has 8 heteroatoms. The molecule has 0 aliphatic carbocycles. The van der Waals surface area contributed by atoms with E-state index in [-0.39, 0.29) is 18.2 Å². The topological polar surface area (TPSA) is 93.8 Å². The van der Waals surface area contributed by atoms with Crippen molar-refractivity contribution in [3.05, 3.63) is 68.7 Å². The van der Waals surface area contributed by atoms with Gasteiger partial charge in [0.1, 0.15) is 5.75 Å². The summed E-state index contributed by atoms with van der Waals surface area (Å²) < 4.78 is 5.54. The number of nitro groups is 1. The first kappa shape index (κ1) is 19.4. The number of rotatable bonds is 7. The predicted molar refractivity (Wildman–Crippen MR) is 99.8 cm³/mol. The lowest BCUT2D eigenvalue weighted by Crippen LogP contribution is -2.20. The highest BCUT2D eigenvalue weighted by Crippen LogP contribution is 2.25. The maximum atomic E-state index is 11.9. The molecule has 0 spiro atoms. The van der Waals surface area contributed by atoms with E-state index in [1.807, 2.05) is 13.8 Å². The van der Waals surface area contributed by atoms with Crippen LogP contribution in [0.15, 0.2) is 47.6 Å². The van der Waals surface area contributed by atoms with Crippen molar-refractivity contribution in [2.24, 2.45) is 5.10 Å². The van der Waals surface area contributed by atoms with Crippen LogP contribution in [-0.4, -0.2) is 23.1 Å². The van der Waals surface area contributed by atoms with Gasteiger partial charge in [-0.05, 0) is 37.6 Å². The summed E-state index contributed by atoms with van der Waals surface area (Å²) in [6.45, 7) is 3.80. The summed E-state index contributed by atoms with van der Waals surface area (Å²) in [5, 5.41) is 15.2. The molecule has 0 aromatic heterocycles. The molecule has 0 bridgehead atoms. The van der Waals surface area contributed by atoms with Crippen molar-refractivity contribution in [3.8, 4) is 5.75 Å². The van der Waals surface area contributed by atoms with Crippen molar-refractivity contribution in [2.75, 3.05) is 0 Å².